The van der Waals surface area contributed by atoms with Crippen LogP contribution in [0.4, 0.5) is 0 Å². The maximum Gasteiger partial charge on any atom is 0.161 e. The molecule has 0 amide bonds. The third kappa shape index (κ3) is 3.16. The van der Waals surface area contributed by atoms with Crippen molar-refractivity contribution in [1.82, 2.24) is 0 Å². The molecule has 21 heavy (non-hydrogen) atoms. The van der Waals surface area contributed by atoms with Gasteiger partial charge in [0.15, 0.2) is 11.5 Å². The molecule has 3 rings (SSSR count). The van der Waals surface area contributed by atoms with Crippen molar-refractivity contribution in [2.75, 3.05) is 13.7 Å². The first-order chi connectivity index (χ1) is 10.2. The molecule has 4 nitrogen and oxygen atoms in total. The Bertz CT molecular complexity index is 483. The second-order valence-electron chi connectivity index (χ2n) is 6.16. The van der Waals surface area contributed by atoms with Crippen LogP contribution in [0.3, 0.4) is 0 Å². The SMILES string of the molecule is COc1cc(CN)ccc1OC1CCOC2(CCCC2)C1. The number of hydrogen-bond acceptors (Lipinski definition) is 4. The molecule has 0 bridgehead atoms. The molecule has 4 heteroatoms. The summed E-state index contributed by atoms with van der Waals surface area (Å²) in [7, 11) is 1.67. The second kappa shape index (κ2) is 6.24. The average molecular weight is 291 g/mol. The topological polar surface area (TPSA) is 53.7 Å². The molecule has 2 aliphatic rings. The number of methoxy groups -OCH3 is 1. The summed E-state index contributed by atoms with van der Waals surface area (Å²) < 4.78 is 17.7. The maximum atomic E-state index is 6.22. The average Bonchev–Trinajstić information content (AvgIpc) is 2.95. The number of rotatable bonds is 4. The van der Waals surface area contributed by atoms with E-state index in [2.05, 4.69) is 0 Å². The van der Waals surface area contributed by atoms with Crippen molar-refractivity contribution in [2.45, 2.75) is 56.8 Å². The predicted octanol–water partition coefficient (Wildman–Crippen LogP) is 3.02. The van der Waals surface area contributed by atoms with Gasteiger partial charge in [-0.3, -0.25) is 0 Å². The summed E-state index contributed by atoms with van der Waals surface area (Å²) >= 11 is 0. The van der Waals surface area contributed by atoms with E-state index < -0.39 is 0 Å². The largest absolute Gasteiger partial charge is 0.493 e. The van der Waals surface area contributed by atoms with Crippen molar-refractivity contribution in [1.29, 1.82) is 0 Å². The summed E-state index contributed by atoms with van der Waals surface area (Å²) in [4.78, 5) is 0. The molecule has 1 aromatic rings. The van der Waals surface area contributed by atoms with Gasteiger partial charge in [-0.15, -0.1) is 0 Å². The van der Waals surface area contributed by atoms with Crippen LogP contribution in [0.5, 0.6) is 11.5 Å². The van der Waals surface area contributed by atoms with Gasteiger partial charge in [-0.05, 0) is 30.5 Å². The van der Waals surface area contributed by atoms with Crippen LogP contribution in [-0.2, 0) is 11.3 Å². The molecular formula is C17H25NO3. The molecule has 2 fully saturated rings. The van der Waals surface area contributed by atoms with E-state index in [-0.39, 0.29) is 11.7 Å². The zero-order valence-corrected chi connectivity index (χ0v) is 12.8. The first-order valence-corrected chi connectivity index (χ1v) is 7.92. The van der Waals surface area contributed by atoms with E-state index in [1.165, 1.54) is 25.7 Å². The van der Waals surface area contributed by atoms with Crippen LogP contribution in [0.25, 0.3) is 0 Å². The molecular weight excluding hydrogens is 266 g/mol. The summed E-state index contributed by atoms with van der Waals surface area (Å²) in [5.74, 6) is 1.58. The Balaban J connectivity index is 1.71. The van der Waals surface area contributed by atoms with E-state index in [9.17, 15) is 0 Å². The Morgan fingerprint density at radius 2 is 2.10 bits per heavy atom. The predicted molar refractivity (Wildman–Crippen MR) is 81.7 cm³/mol. The van der Waals surface area contributed by atoms with Crippen LogP contribution in [0.15, 0.2) is 18.2 Å². The van der Waals surface area contributed by atoms with Crippen molar-refractivity contribution in [3.63, 3.8) is 0 Å². The van der Waals surface area contributed by atoms with Crippen molar-refractivity contribution >= 4 is 0 Å². The van der Waals surface area contributed by atoms with Gasteiger partial charge in [0.25, 0.3) is 0 Å². The lowest BCUT2D eigenvalue weighted by Crippen LogP contribution is -2.41. The van der Waals surface area contributed by atoms with Crippen LogP contribution in [0.1, 0.15) is 44.1 Å². The molecule has 1 aliphatic heterocycles. The van der Waals surface area contributed by atoms with E-state index in [1.807, 2.05) is 18.2 Å². The number of ether oxygens (including phenoxy) is 3. The molecule has 1 saturated heterocycles. The van der Waals surface area contributed by atoms with Crippen molar-refractivity contribution < 1.29 is 14.2 Å². The summed E-state index contributed by atoms with van der Waals surface area (Å²) in [6.45, 7) is 1.31. The van der Waals surface area contributed by atoms with E-state index in [0.29, 0.717) is 6.54 Å². The lowest BCUT2D eigenvalue weighted by Gasteiger charge is -2.38. The van der Waals surface area contributed by atoms with Gasteiger partial charge in [0.05, 0.1) is 19.3 Å². The van der Waals surface area contributed by atoms with Gasteiger partial charge in [0, 0.05) is 19.4 Å². The first-order valence-electron chi connectivity index (χ1n) is 7.92. The minimum atomic E-state index is 0.0767. The standard InChI is InChI=1S/C17H25NO3/c1-19-16-10-13(12-18)4-5-15(16)21-14-6-9-20-17(11-14)7-2-3-8-17/h4-5,10,14H,2-3,6-9,11-12,18H2,1H3. The van der Waals surface area contributed by atoms with E-state index >= 15 is 0 Å². The molecule has 1 unspecified atom stereocenters. The van der Waals surface area contributed by atoms with Crippen LogP contribution < -0.4 is 15.2 Å². The van der Waals surface area contributed by atoms with E-state index in [4.69, 9.17) is 19.9 Å². The molecule has 0 aromatic heterocycles. The fraction of sp³-hybridized carbons (Fsp3) is 0.647. The highest BCUT2D eigenvalue weighted by Gasteiger charge is 2.40. The summed E-state index contributed by atoms with van der Waals surface area (Å²) in [5.41, 5.74) is 6.80. The van der Waals surface area contributed by atoms with Crippen LogP contribution in [-0.4, -0.2) is 25.4 Å². The van der Waals surface area contributed by atoms with Crippen molar-refractivity contribution in [2.24, 2.45) is 5.73 Å². The quantitative estimate of drug-likeness (QED) is 0.926. The van der Waals surface area contributed by atoms with Crippen LogP contribution in [0.2, 0.25) is 0 Å². The molecule has 1 aromatic carbocycles. The van der Waals surface area contributed by atoms with Gasteiger partial charge in [0.2, 0.25) is 0 Å². The zero-order valence-electron chi connectivity index (χ0n) is 12.8. The number of nitrogens with two attached hydrogens (primary N) is 1. The molecule has 116 valence electrons. The monoisotopic (exact) mass is 291 g/mol. The van der Waals surface area contributed by atoms with Gasteiger partial charge in [-0.25, -0.2) is 0 Å². The smallest absolute Gasteiger partial charge is 0.161 e. The maximum absolute atomic E-state index is 6.22. The van der Waals surface area contributed by atoms with E-state index in [0.717, 1.165) is 36.5 Å². The highest BCUT2D eigenvalue weighted by Crippen LogP contribution is 2.41. The van der Waals surface area contributed by atoms with Gasteiger partial charge in [-0.1, -0.05) is 18.9 Å². The lowest BCUT2D eigenvalue weighted by atomic mass is 9.90. The third-order valence-electron chi connectivity index (χ3n) is 4.72. The Morgan fingerprint density at radius 3 is 2.81 bits per heavy atom. The van der Waals surface area contributed by atoms with Crippen LogP contribution >= 0.6 is 0 Å². The van der Waals surface area contributed by atoms with Crippen molar-refractivity contribution in [3.05, 3.63) is 23.8 Å². The summed E-state index contributed by atoms with van der Waals surface area (Å²) in [5, 5.41) is 0. The molecule has 1 atom stereocenters. The Hall–Kier alpha value is -1.26. The summed E-state index contributed by atoms with van der Waals surface area (Å²) in [6, 6.07) is 5.93. The van der Waals surface area contributed by atoms with Gasteiger partial charge >= 0.3 is 0 Å². The zero-order chi connectivity index (χ0) is 14.7. The molecule has 1 saturated carbocycles. The second-order valence-corrected chi connectivity index (χ2v) is 6.16. The Labute approximate surface area is 126 Å². The molecule has 2 N–H and O–H groups in total. The lowest BCUT2D eigenvalue weighted by molar-refractivity contribution is -0.108. The normalized spacial score (nSPS) is 24.2. The minimum absolute atomic E-state index is 0.0767. The van der Waals surface area contributed by atoms with Gasteiger partial charge < -0.3 is 19.9 Å². The molecule has 1 aliphatic carbocycles. The fourth-order valence-corrected chi connectivity index (χ4v) is 3.57. The summed E-state index contributed by atoms with van der Waals surface area (Å²) in [6.07, 6.45) is 7.07. The molecule has 1 spiro atoms. The van der Waals surface area contributed by atoms with Gasteiger partial charge in [-0.2, -0.15) is 0 Å². The highest BCUT2D eigenvalue weighted by atomic mass is 16.5. The molecule has 1 heterocycles. The fourth-order valence-electron chi connectivity index (χ4n) is 3.57. The minimum Gasteiger partial charge on any atom is -0.493 e. The first kappa shape index (κ1) is 14.7. The number of hydrogen-bond donors (Lipinski definition) is 1. The molecule has 0 radical (unpaired) electrons. The third-order valence-corrected chi connectivity index (χ3v) is 4.72. The Morgan fingerprint density at radius 1 is 1.29 bits per heavy atom. The van der Waals surface area contributed by atoms with Gasteiger partial charge in [0.1, 0.15) is 6.10 Å². The van der Waals surface area contributed by atoms with Crippen molar-refractivity contribution in [3.8, 4) is 11.5 Å². The van der Waals surface area contributed by atoms with Crippen LogP contribution in [0, 0.1) is 0 Å². The highest BCUT2D eigenvalue weighted by molar-refractivity contribution is 5.43. The number of benzene rings is 1. The van der Waals surface area contributed by atoms with E-state index in [1.54, 1.807) is 7.11 Å². The Kier molecular flexibility index (Phi) is 4.36.